The zero-order valence-corrected chi connectivity index (χ0v) is 17.5. The van der Waals surface area contributed by atoms with Crippen LogP contribution < -0.4 is 15.6 Å². The van der Waals surface area contributed by atoms with Gasteiger partial charge in [-0.2, -0.15) is 10.4 Å². The van der Waals surface area contributed by atoms with Crippen molar-refractivity contribution in [1.82, 2.24) is 24.5 Å². The number of ether oxygens (including phenoxy) is 1. The lowest BCUT2D eigenvalue weighted by Gasteiger charge is -2.28. The number of benzene rings is 1. The van der Waals surface area contributed by atoms with Crippen LogP contribution in [0.1, 0.15) is 35.8 Å². The van der Waals surface area contributed by atoms with Gasteiger partial charge < -0.3 is 14.5 Å². The van der Waals surface area contributed by atoms with Crippen molar-refractivity contribution < 1.29 is 4.74 Å². The van der Waals surface area contributed by atoms with Crippen LogP contribution in [0.25, 0.3) is 16.4 Å². The molecule has 1 N–H and O–H groups in total. The molecule has 6 rings (SSSR count). The van der Waals surface area contributed by atoms with E-state index in [2.05, 4.69) is 11.4 Å². The topological polar surface area (TPSA) is 97.2 Å². The standard InChI is InChI=1S/C24H22N6O2/c25-9-16-7-23-27-17(12-29(23)13-22(16)32-14-15-5-6-15)8-21-19-3-1-2-4-20(19)24(31)30(28-21)18-10-26-11-18/h1-4,7,12-13,15,18,26H,5-6,8,10-11,14H2. The van der Waals surface area contributed by atoms with Gasteiger partial charge in [0, 0.05) is 37.2 Å². The molecule has 0 radical (unpaired) electrons. The second-order valence-electron chi connectivity index (χ2n) is 8.65. The SMILES string of the molecule is N#Cc1cc2nc(Cc3nn(C4CNC4)c(=O)c4ccccc34)cn2cc1OCC1CC1. The maximum Gasteiger partial charge on any atom is 0.274 e. The van der Waals surface area contributed by atoms with E-state index < -0.39 is 0 Å². The molecule has 1 saturated heterocycles. The summed E-state index contributed by atoms with van der Waals surface area (Å²) in [4.78, 5) is 17.7. The summed E-state index contributed by atoms with van der Waals surface area (Å²) in [6.07, 6.45) is 6.65. The van der Waals surface area contributed by atoms with E-state index in [9.17, 15) is 10.1 Å². The first-order chi connectivity index (χ1) is 15.7. The summed E-state index contributed by atoms with van der Waals surface area (Å²) >= 11 is 0. The number of aromatic nitrogens is 4. The summed E-state index contributed by atoms with van der Waals surface area (Å²) in [5.74, 6) is 1.20. The van der Waals surface area contributed by atoms with Crippen molar-refractivity contribution in [3.8, 4) is 11.8 Å². The molecule has 0 bridgehead atoms. The highest BCUT2D eigenvalue weighted by molar-refractivity contribution is 5.83. The molecular formula is C24H22N6O2. The number of pyridine rings is 1. The second kappa shape index (κ2) is 7.46. The quantitative estimate of drug-likeness (QED) is 0.509. The Morgan fingerprint density at radius 3 is 2.72 bits per heavy atom. The molecule has 8 heteroatoms. The highest BCUT2D eigenvalue weighted by Crippen LogP contribution is 2.30. The van der Waals surface area contributed by atoms with Gasteiger partial charge in [0.2, 0.25) is 0 Å². The minimum atomic E-state index is -0.0537. The number of nitrogens with zero attached hydrogens (tertiary/aromatic N) is 5. The summed E-state index contributed by atoms with van der Waals surface area (Å²) in [6, 6.07) is 11.7. The van der Waals surface area contributed by atoms with Gasteiger partial charge in [-0.15, -0.1) is 0 Å². The molecule has 1 aliphatic carbocycles. The van der Waals surface area contributed by atoms with Gasteiger partial charge in [-0.25, -0.2) is 9.67 Å². The average molecular weight is 426 g/mol. The molecule has 0 unspecified atom stereocenters. The van der Waals surface area contributed by atoms with Gasteiger partial charge in [-0.1, -0.05) is 18.2 Å². The highest BCUT2D eigenvalue weighted by atomic mass is 16.5. The largest absolute Gasteiger partial charge is 0.490 e. The van der Waals surface area contributed by atoms with Crippen LogP contribution in [0.15, 0.2) is 47.5 Å². The Hall–Kier alpha value is -3.70. The lowest BCUT2D eigenvalue weighted by atomic mass is 10.1. The summed E-state index contributed by atoms with van der Waals surface area (Å²) in [6.45, 7) is 2.15. The van der Waals surface area contributed by atoms with Crippen LogP contribution in [-0.2, 0) is 6.42 Å². The number of nitriles is 1. The number of rotatable bonds is 6. The van der Waals surface area contributed by atoms with Gasteiger partial charge in [0.1, 0.15) is 11.7 Å². The summed E-state index contributed by atoms with van der Waals surface area (Å²) < 4.78 is 9.40. The van der Waals surface area contributed by atoms with Gasteiger partial charge in [-0.3, -0.25) is 4.79 Å². The van der Waals surface area contributed by atoms with Crippen molar-refractivity contribution in [2.24, 2.45) is 5.92 Å². The van der Waals surface area contributed by atoms with Crippen molar-refractivity contribution in [2.45, 2.75) is 25.3 Å². The van der Waals surface area contributed by atoms with E-state index in [4.69, 9.17) is 14.8 Å². The van der Waals surface area contributed by atoms with Crippen LogP contribution in [0.2, 0.25) is 0 Å². The van der Waals surface area contributed by atoms with Gasteiger partial charge in [-0.05, 0) is 24.8 Å². The Morgan fingerprint density at radius 1 is 1.19 bits per heavy atom. The lowest BCUT2D eigenvalue weighted by Crippen LogP contribution is -2.48. The van der Waals surface area contributed by atoms with Crippen LogP contribution in [0.3, 0.4) is 0 Å². The minimum absolute atomic E-state index is 0.0537. The van der Waals surface area contributed by atoms with Crippen LogP contribution in [0.4, 0.5) is 0 Å². The van der Waals surface area contributed by atoms with Crippen LogP contribution in [0, 0.1) is 17.2 Å². The van der Waals surface area contributed by atoms with Crippen molar-refractivity contribution >= 4 is 16.4 Å². The van der Waals surface area contributed by atoms with E-state index in [0.29, 0.717) is 41.3 Å². The predicted molar refractivity (Wildman–Crippen MR) is 119 cm³/mol. The molecule has 0 spiro atoms. The molecular weight excluding hydrogens is 404 g/mol. The van der Waals surface area contributed by atoms with Gasteiger partial charge in [0.05, 0.1) is 41.2 Å². The van der Waals surface area contributed by atoms with E-state index >= 15 is 0 Å². The number of imidazole rings is 1. The Bertz CT molecular complexity index is 1440. The number of nitrogens with one attached hydrogen (secondary N) is 1. The number of hydrogen-bond donors (Lipinski definition) is 1. The van der Waals surface area contributed by atoms with E-state index in [1.54, 1.807) is 10.7 Å². The van der Waals surface area contributed by atoms with Gasteiger partial charge in [0.25, 0.3) is 5.56 Å². The first kappa shape index (κ1) is 19.0. The third-order valence-corrected chi connectivity index (χ3v) is 6.26. The third kappa shape index (κ3) is 3.31. The van der Waals surface area contributed by atoms with Gasteiger partial charge >= 0.3 is 0 Å². The molecule has 1 aliphatic heterocycles. The molecule has 32 heavy (non-hydrogen) atoms. The summed E-state index contributed by atoms with van der Waals surface area (Å²) in [5.41, 5.74) is 2.77. The van der Waals surface area contributed by atoms with Gasteiger partial charge in [0.15, 0.2) is 5.75 Å². The van der Waals surface area contributed by atoms with Crippen LogP contribution in [0.5, 0.6) is 5.75 Å². The van der Waals surface area contributed by atoms with Crippen molar-refractivity contribution in [1.29, 1.82) is 5.26 Å². The summed E-state index contributed by atoms with van der Waals surface area (Å²) in [5, 5.41) is 19.0. The molecule has 4 aromatic rings. The Morgan fingerprint density at radius 2 is 2.00 bits per heavy atom. The molecule has 8 nitrogen and oxygen atoms in total. The Labute approximate surface area is 184 Å². The van der Waals surface area contributed by atoms with Crippen molar-refractivity contribution in [3.05, 3.63) is 70.0 Å². The predicted octanol–water partition coefficient (Wildman–Crippen LogP) is 2.44. The number of fused-ring (bicyclic) bond motifs is 2. The number of hydrogen-bond acceptors (Lipinski definition) is 6. The Kier molecular flexibility index (Phi) is 4.44. The third-order valence-electron chi connectivity index (χ3n) is 6.26. The molecule has 3 aromatic heterocycles. The fourth-order valence-electron chi connectivity index (χ4n) is 4.12. The van der Waals surface area contributed by atoms with E-state index in [-0.39, 0.29) is 11.6 Å². The highest BCUT2D eigenvalue weighted by Gasteiger charge is 2.24. The van der Waals surface area contributed by atoms with E-state index in [1.807, 2.05) is 41.1 Å². The molecule has 0 amide bonds. The minimum Gasteiger partial charge on any atom is -0.490 e. The lowest BCUT2D eigenvalue weighted by molar-refractivity contribution is 0.297. The maximum atomic E-state index is 12.9. The first-order valence-electron chi connectivity index (χ1n) is 11.0. The monoisotopic (exact) mass is 426 g/mol. The fourth-order valence-corrected chi connectivity index (χ4v) is 4.12. The van der Waals surface area contributed by atoms with E-state index in [0.717, 1.165) is 29.9 Å². The zero-order chi connectivity index (χ0) is 21.7. The normalized spacial score (nSPS) is 16.2. The molecule has 1 saturated carbocycles. The molecule has 4 heterocycles. The molecule has 160 valence electrons. The van der Waals surface area contributed by atoms with Crippen molar-refractivity contribution in [3.63, 3.8) is 0 Å². The average Bonchev–Trinajstić information content (AvgIpc) is 3.52. The Balaban J connectivity index is 1.39. The smallest absolute Gasteiger partial charge is 0.274 e. The van der Waals surface area contributed by atoms with Crippen molar-refractivity contribution in [2.75, 3.05) is 19.7 Å². The second-order valence-corrected chi connectivity index (χ2v) is 8.65. The van der Waals surface area contributed by atoms with Crippen LogP contribution >= 0.6 is 0 Å². The maximum absolute atomic E-state index is 12.9. The fraction of sp³-hybridized carbons (Fsp3) is 0.333. The molecule has 2 fully saturated rings. The molecule has 1 aromatic carbocycles. The zero-order valence-electron chi connectivity index (χ0n) is 17.5. The van der Waals surface area contributed by atoms with E-state index in [1.165, 1.54) is 12.8 Å². The van der Waals surface area contributed by atoms with Crippen LogP contribution in [-0.4, -0.2) is 38.9 Å². The summed E-state index contributed by atoms with van der Waals surface area (Å²) in [7, 11) is 0. The molecule has 2 aliphatic rings. The first-order valence-corrected chi connectivity index (χ1v) is 11.0. The molecule has 0 atom stereocenters.